The van der Waals surface area contributed by atoms with Crippen molar-refractivity contribution >= 4 is 32.7 Å². The number of nitrogens with two attached hydrogens (primary N) is 3. The van der Waals surface area contributed by atoms with Crippen LogP contribution in [0.2, 0.25) is 0 Å². The number of rotatable bonds is 3. The molecular formula is C18H21N3S3. The zero-order valence-electron chi connectivity index (χ0n) is 13.0. The molecule has 0 aliphatic carbocycles. The van der Waals surface area contributed by atoms with Crippen LogP contribution in [-0.4, -0.2) is 0 Å². The van der Waals surface area contributed by atoms with Gasteiger partial charge in [-0.25, -0.2) is 0 Å². The highest BCUT2D eigenvalue weighted by molar-refractivity contribution is 8.23. The molecule has 0 spiro atoms. The molecule has 3 atom stereocenters. The summed E-state index contributed by atoms with van der Waals surface area (Å²) >= 11 is 0. The van der Waals surface area contributed by atoms with Gasteiger partial charge >= 0.3 is 0 Å². The number of allylic oxidation sites excluding steroid dienone is 3. The Kier molecular flexibility index (Phi) is 4.04. The Morgan fingerprint density at radius 3 is 1.00 bits per heavy atom. The summed E-state index contributed by atoms with van der Waals surface area (Å²) in [7, 11) is -1.39. The van der Waals surface area contributed by atoms with Crippen LogP contribution in [0.3, 0.4) is 0 Å². The van der Waals surface area contributed by atoms with E-state index in [4.69, 9.17) is 17.2 Å². The fourth-order valence-electron chi connectivity index (χ4n) is 2.75. The van der Waals surface area contributed by atoms with Gasteiger partial charge < -0.3 is 17.2 Å². The van der Waals surface area contributed by atoms with Gasteiger partial charge in [-0.2, -0.15) is 32.7 Å². The summed E-state index contributed by atoms with van der Waals surface area (Å²) in [5, 5.41) is 13.2. The highest BCUT2D eigenvalue weighted by Crippen LogP contribution is 2.53. The van der Waals surface area contributed by atoms with Gasteiger partial charge in [0.1, 0.15) is 0 Å². The molecule has 4 rings (SSSR count). The fourth-order valence-corrected chi connectivity index (χ4v) is 8.22. The van der Waals surface area contributed by atoms with Crippen LogP contribution in [0.25, 0.3) is 0 Å². The van der Waals surface area contributed by atoms with E-state index in [9.17, 15) is 0 Å². The highest BCUT2D eigenvalue weighted by Gasteiger charge is 2.16. The normalized spacial score (nSPS) is 32.0. The SMILES string of the molecule is NC1=C[SH](c2cc([SH]3C=CC(N)=C3)cc([SH]3C=CC(N)=C3)c2)C=C1. The van der Waals surface area contributed by atoms with Crippen molar-refractivity contribution in [1.82, 2.24) is 0 Å². The van der Waals surface area contributed by atoms with E-state index in [0.717, 1.165) is 17.1 Å². The number of benzene rings is 1. The van der Waals surface area contributed by atoms with Crippen molar-refractivity contribution < 1.29 is 0 Å². The van der Waals surface area contributed by atoms with Gasteiger partial charge in [-0.3, -0.25) is 0 Å². The Labute approximate surface area is 150 Å². The minimum atomic E-state index is -0.462. The third-order valence-electron chi connectivity index (χ3n) is 3.93. The molecule has 1 aromatic carbocycles. The Hall–Kier alpha value is -1.89. The van der Waals surface area contributed by atoms with Crippen LogP contribution < -0.4 is 17.2 Å². The third kappa shape index (κ3) is 3.05. The second-order valence-corrected chi connectivity index (χ2v) is 11.4. The predicted molar refractivity (Wildman–Crippen MR) is 112 cm³/mol. The van der Waals surface area contributed by atoms with E-state index in [1.807, 2.05) is 18.2 Å². The Morgan fingerprint density at radius 1 is 0.500 bits per heavy atom. The van der Waals surface area contributed by atoms with E-state index in [1.54, 1.807) is 0 Å². The lowest BCUT2D eigenvalue weighted by Gasteiger charge is -2.21. The maximum absolute atomic E-state index is 5.94. The summed E-state index contributed by atoms with van der Waals surface area (Å²) in [5.74, 6) is 0. The molecule has 3 unspecified atom stereocenters. The van der Waals surface area contributed by atoms with Gasteiger partial charge in [-0.1, -0.05) is 0 Å². The Bertz CT molecular complexity index is 751. The third-order valence-corrected chi connectivity index (χ3v) is 9.63. The van der Waals surface area contributed by atoms with Crippen LogP contribution in [0.5, 0.6) is 0 Å². The second kappa shape index (κ2) is 6.20. The first-order valence-corrected chi connectivity index (χ1v) is 12.0. The summed E-state index contributed by atoms with van der Waals surface area (Å²) < 4.78 is 0. The molecule has 0 saturated heterocycles. The van der Waals surface area contributed by atoms with Crippen molar-refractivity contribution in [1.29, 1.82) is 0 Å². The average Bonchev–Trinajstić information content (AvgIpc) is 3.28. The van der Waals surface area contributed by atoms with E-state index >= 15 is 0 Å². The maximum atomic E-state index is 5.94. The van der Waals surface area contributed by atoms with Gasteiger partial charge in [0, 0.05) is 17.1 Å². The molecule has 0 aromatic heterocycles. The van der Waals surface area contributed by atoms with E-state index in [0.29, 0.717) is 0 Å². The Morgan fingerprint density at radius 2 is 0.792 bits per heavy atom. The quantitative estimate of drug-likeness (QED) is 0.456. The molecular weight excluding hydrogens is 354 g/mol. The van der Waals surface area contributed by atoms with Crippen LogP contribution in [0.1, 0.15) is 0 Å². The lowest BCUT2D eigenvalue weighted by molar-refractivity contribution is 1.23. The molecule has 0 saturated carbocycles. The van der Waals surface area contributed by atoms with E-state index in [2.05, 4.69) is 50.6 Å². The molecule has 0 bridgehead atoms. The summed E-state index contributed by atoms with van der Waals surface area (Å²) in [4.78, 5) is 4.04. The average molecular weight is 376 g/mol. The topological polar surface area (TPSA) is 78.1 Å². The van der Waals surface area contributed by atoms with Crippen molar-refractivity contribution in [2.45, 2.75) is 14.7 Å². The molecule has 0 fully saturated rings. The largest absolute Gasteiger partial charge is 0.398 e. The van der Waals surface area contributed by atoms with Crippen molar-refractivity contribution in [3.63, 3.8) is 0 Å². The van der Waals surface area contributed by atoms with Crippen LogP contribution in [0.4, 0.5) is 0 Å². The predicted octanol–water partition coefficient (Wildman–Crippen LogP) is 3.75. The molecule has 6 N–H and O–H groups in total. The number of hydrogen-bond donors (Lipinski definition) is 6. The first-order valence-electron chi connectivity index (χ1n) is 7.55. The minimum Gasteiger partial charge on any atom is -0.398 e. The molecule has 3 aliphatic heterocycles. The lowest BCUT2D eigenvalue weighted by atomic mass is 10.4. The fraction of sp³-hybridized carbons (Fsp3) is 0. The molecule has 1 aromatic rings. The van der Waals surface area contributed by atoms with Gasteiger partial charge in [-0.05, 0) is 83.6 Å². The molecule has 6 heteroatoms. The zero-order chi connectivity index (χ0) is 16.7. The summed E-state index contributed by atoms with van der Waals surface area (Å²) in [6.45, 7) is 0. The maximum Gasteiger partial charge on any atom is 0.0371 e. The van der Waals surface area contributed by atoms with E-state index < -0.39 is 32.7 Å². The first kappa shape index (κ1) is 15.6. The van der Waals surface area contributed by atoms with E-state index in [1.165, 1.54) is 14.7 Å². The van der Waals surface area contributed by atoms with Gasteiger partial charge in [0.15, 0.2) is 0 Å². The van der Waals surface area contributed by atoms with Gasteiger partial charge in [0.25, 0.3) is 0 Å². The molecule has 126 valence electrons. The number of thiol groups is 3. The zero-order valence-corrected chi connectivity index (χ0v) is 15.7. The standard InChI is InChI=1S/C18H21N3S3/c19-13-1-4-22(10-13)16-7-17(23-5-2-14(20)11-23)9-18(8-16)24-6-3-15(21)12-24/h1-12,22-24H,19-21H2. The van der Waals surface area contributed by atoms with Crippen molar-refractivity contribution in [2.75, 3.05) is 0 Å². The van der Waals surface area contributed by atoms with Crippen molar-refractivity contribution in [3.8, 4) is 0 Å². The molecule has 24 heavy (non-hydrogen) atoms. The van der Waals surface area contributed by atoms with Gasteiger partial charge in [-0.15, -0.1) is 0 Å². The van der Waals surface area contributed by atoms with Crippen LogP contribution in [0, 0.1) is 0 Å². The summed E-state index contributed by atoms with van der Waals surface area (Å²) in [6.07, 6.45) is 6.03. The molecule has 3 nitrogen and oxygen atoms in total. The smallest absolute Gasteiger partial charge is 0.0371 e. The molecule has 0 radical (unpaired) electrons. The second-order valence-electron chi connectivity index (χ2n) is 5.76. The van der Waals surface area contributed by atoms with E-state index in [-0.39, 0.29) is 0 Å². The van der Waals surface area contributed by atoms with Gasteiger partial charge in [0.2, 0.25) is 0 Å². The summed E-state index contributed by atoms with van der Waals surface area (Å²) in [6, 6.07) is 6.96. The first-order chi connectivity index (χ1) is 11.6. The van der Waals surface area contributed by atoms with Crippen LogP contribution >= 0.6 is 32.7 Å². The highest BCUT2D eigenvalue weighted by atomic mass is 32.2. The van der Waals surface area contributed by atoms with Crippen LogP contribution in [-0.2, 0) is 0 Å². The number of hydrogen-bond acceptors (Lipinski definition) is 3. The van der Waals surface area contributed by atoms with Crippen LogP contribution in [0.15, 0.2) is 101 Å². The van der Waals surface area contributed by atoms with Crippen molar-refractivity contribution in [3.05, 3.63) is 86.0 Å². The van der Waals surface area contributed by atoms with Crippen molar-refractivity contribution in [2.24, 2.45) is 17.2 Å². The monoisotopic (exact) mass is 375 g/mol. The molecule has 3 heterocycles. The minimum absolute atomic E-state index is 0.462. The van der Waals surface area contributed by atoms with Gasteiger partial charge in [0.05, 0.1) is 0 Å². The Balaban J connectivity index is 1.78. The lowest BCUT2D eigenvalue weighted by Crippen LogP contribution is -1.89. The molecule has 3 aliphatic rings. The molecule has 0 amide bonds. The summed E-state index contributed by atoms with van der Waals surface area (Å²) in [5.41, 5.74) is 20.4.